The van der Waals surface area contributed by atoms with E-state index >= 15 is 0 Å². The highest BCUT2D eigenvalue weighted by Gasteiger charge is 2.43. The maximum atomic E-state index is 12.7. The second-order valence-corrected chi connectivity index (χ2v) is 5.19. The average molecular weight is 266 g/mol. The Morgan fingerprint density at radius 3 is 2.61 bits per heavy atom. The van der Waals surface area contributed by atoms with E-state index in [1.807, 2.05) is 0 Å². The van der Waals surface area contributed by atoms with Crippen LogP contribution in [0, 0.1) is 17.8 Å². The molecule has 0 aromatic rings. The molecule has 2 nitrogen and oxygen atoms in total. The Morgan fingerprint density at radius 2 is 2.06 bits per heavy atom. The molecule has 0 N–H and O–H groups in total. The van der Waals surface area contributed by atoms with Crippen LogP contribution in [0.25, 0.3) is 0 Å². The van der Waals surface area contributed by atoms with E-state index in [-0.39, 0.29) is 24.5 Å². The lowest BCUT2D eigenvalue weighted by atomic mass is 9.76. The van der Waals surface area contributed by atoms with E-state index in [0.29, 0.717) is 25.9 Å². The molecule has 3 atom stereocenters. The van der Waals surface area contributed by atoms with Crippen molar-refractivity contribution in [3.8, 4) is 0 Å². The molecule has 3 unspecified atom stereocenters. The molecule has 0 spiro atoms. The smallest absolute Gasteiger partial charge is 0.385 e. The normalized spacial score (nSPS) is 26.9. The van der Waals surface area contributed by atoms with Gasteiger partial charge < -0.3 is 4.74 Å². The second kappa shape index (κ2) is 6.55. The van der Waals surface area contributed by atoms with E-state index in [1.165, 1.54) is 0 Å². The van der Waals surface area contributed by atoms with Gasteiger partial charge in [0.15, 0.2) is 0 Å². The average Bonchev–Trinajstić information content (AvgIpc) is 2.34. The zero-order chi connectivity index (χ0) is 13.8. The first-order valence-corrected chi connectivity index (χ1v) is 6.45. The minimum atomic E-state index is -4.16. The molecule has 0 aromatic heterocycles. The molecule has 0 aliphatic heterocycles. The van der Waals surface area contributed by atoms with E-state index < -0.39 is 18.0 Å². The van der Waals surface area contributed by atoms with Gasteiger partial charge in [-0.25, -0.2) is 0 Å². The third kappa shape index (κ3) is 4.26. The van der Waals surface area contributed by atoms with Crippen LogP contribution in [-0.2, 0) is 9.53 Å². The van der Waals surface area contributed by atoms with Gasteiger partial charge in [-0.05, 0) is 25.7 Å². The Balaban J connectivity index is 2.53. The summed E-state index contributed by atoms with van der Waals surface area (Å²) in [6, 6.07) is 0. The van der Waals surface area contributed by atoms with Gasteiger partial charge in [-0.2, -0.15) is 13.2 Å². The molecule has 106 valence electrons. The van der Waals surface area contributed by atoms with Crippen LogP contribution in [-0.4, -0.2) is 25.7 Å². The molecule has 18 heavy (non-hydrogen) atoms. The third-order valence-corrected chi connectivity index (χ3v) is 3.78. The molecule has 1 rings (SSSR count). The molecular formula is C13H21F3O2. The summed E-state index contributed by atoms with van der Waals surface area (Å²) in [5.41, 5.74) is 0. The zero-order valence-corrected chi connectivity index (χ0v) is 10.9. The first-order valence-electron chi connectivity index (χ1n) is 6.45. The Hall–Kier alpha value is -0.580. The van der Waals surface area contributed by atoms with Gasteiger partial charge in [0.05, 0.1) is 5.92 Å². The molecule has 0 bridgehead atoms. The van der Waals surface area contributed by atoms with E-state index in [0.717, 1.165) is 0 Å². The molecule has 0 aromatic carbocycles. The lowest BCUT2D eigenvalue weighted by Gasteiger charge is -2.31. The van der Waals surface area contributed by atoms with Crippen LogP contribution in [0.1, 0.15) is 39.0 Å². The number of hydrogen-bond donors (Lipinski definition) is 0. The van der Waals surface area contributed by atoms with Crippen molar-refractivity contribution in [3.05, 3.63) is 0 Å². The van der Waals surface area contributed by atoms with Crippen LogP contribution < -0.4 is 0 Å². The fraction of sp³-hybridized carbons (Fsp3) is 0.923. The molecule has 1 saturated carbocycles. The number of hydrogen-bond acceptors (Lipinski definition) is 2. The van der Waals surface area contributed by atoms with Gasteiger partial charge in [-0.1, -0.05) is 13.3 Å². The van der Waals surface area contributed by atoms with E-state index in [2.05, 4.69) is 0 Å². The first-order chi connectivity index (χ1) is 8.36. The van der Waals surface area contributed by atoms with Crippen molar-refractivity contribution < 1.29 is 22.7 Å². The molecule has 0 amide bonds. The van der Waals surface area contributed by atoms with Crippen LogP contribution in [0.2, 0.25) is 0 Å². The van der Waals surface area contributed by atoms with Gasteiger partial charge in [0, 0.05) is 25.6 Å². The fourth-order valence-corrected chi connectivity index (χ4v) is 2.58. The summed E-state index contributed by atoms with van der Waals surface area (Å²) in [6.45, 7) is 2.25. The van der Waals surface area contributed by atoms with Gasteiger partial charge in [-0.3, -0.25) is 4.79 Å². The number of methoxy groups -OCH3 is 1. The summed E-state index contributed by atoms with van der Waals surface area (Å²) < 4.78 is 42.8. The van der Waals surface area contributed by atoms with Crippen molar-refractivity contribution in [1.29, 1.82) is 0 Å². The van der Waals surface area contributed by atoms with Crippen molar-refractivity contribution in [3.63, 3.8) is 0 Å². The van der Waals surface area contributed by atoms with Crippen LogP contribution >= 0.6 is 0 Å². The van der Waals surface area contributed by atoms with E-state index in [9.17, 15) is 18.0 Å². The quantitative estimate of drug-likeness (QED) is 0.760. The summed E-state index contributed by atoms with van der Waals surface area (Å²) in [5.74, 6) is -1.95. The fourth-order valence-electron chi connectivity index (χ4n) is 2.58. The van der Waals surface area contributed by atoms with Crippen LogP contribution in [0.3, 0.4) is 0 Å². The van der Waals surface area contributed by atoms with E-state index in [4.69, 9.17) is 4.74 Å². The Labute approximate surface area is 106 Å². The molecule has 1 aliphatic rings. The highest BCUT2D eigenvalue weighted by molar-refractivity contribution is 5.83. The van der Waals surface area contributed by atoms with Crippen molar-refractivity contribution in [2.24, 2.45) is 17.8 Å². The lowest BCUT2D eigenvalue weighted by Crippen LogP contribution is -2.33. The van der Waals surface area contributed by atoms with Gasteiger partial charge in [0.2, 0.25) is 0 Å². The third-order valence-electron chi connectivity index (χ3n) is 3.78. The van der Waals surface area contributed by atoms with Crippen molar-refractivity contribution in [2.75, 3.05) is 13.7 Å². The molecule has 1 fully saturated rings. The second-order valence-electron chi connectivity index (χ2n) is 5.19. The van der Waals surface area contributed by atoms with E-state index in [1.54, 1.807) is 14.0 Å². The van der Waals surface area contributed by atoms with Crippen LogP contribution in [0.15, 0.2) is 0 Å². The lowest BCUT2D eigenvalue weighted by molar-refractivity contribution is -0.186. The van der Waals surface area contributed by atoms with Gasteiger partial charge in [0.1, 0.15) is 5.78 Å². The molecular weight excluding hydrogens is 245 g/mol. The Morgan fingerprint density at radius 1 is 1.39 bits per heavy atom. The number of carbonyl (C=O) groups is 1. The molecule has 0 heterocycles. The topological polar surface area (TPSA) is 26.3 Å². The molecule has 0 saturated heterocycles. The van der Waals surface area contributed by atoms with Crippen molar-refractivity contribution >= 4 is 5.78 Å². The minimum Gasteiger partial charge on any atom is -0.385 e. The summed E-state index contributed by atoms with van der Waals surface area (Å²) in [5, 5.41) is 0. The highest BCUT2D eigenvalue weighted by atomic mass is 19.4. The first kappa shape index (κ1) is 15.5. The maximum Gasteiger partial charge on any atom is 0.391 e. The summed E-state index contributed by atoms with van der Waals surface area (Å²) in [7, 11) is 1.55. The molecule has 0 radical (unpaired) electrons. The SMILES string of the molecule is COCCC(C)C(=O)C1CCCC(C(F)(F)F)C1. The maximum absolute atomic E-state index is 12.7. The molecule has 5 heteroatoms. The van der Waals surface area contributed by atoms with Gasteiger partial charge in [0.25, 0.3) is 0 Å². The largest absolute Gasteiger partial charge is 0.391 e. The number of rotatable bonds is 5. The van der Waals surface area contributed by atoms with Gasteiger partial charge in [-0.15, -0.1) is 0 Å². The number of carbonyl (C=O) groups excluding carboxylic acids is 1. The standard InChI is InChI=1S/C13H21F3O2/c1-9(6-7-18-2)12(17)10-4-3-5-11(8-10)13(14,15)16/h9-11H,3-8H2,1-2H3. The Kier molecular flexibility index (Phi) is 5.63. The van der Waals surface area contributed by atoms with Crippen LogP contribution in [0.4, 0.5) is 13.2 Å². The van der Waals surface area contributed by atoms with Crippen molar-refractivity contribution in [1.82, 2.24) is 0 Å². The summed E-state index contributed by atoms with van der Waals surface area (Å²) >= 11 is 0. The highest BCUT2D eigenvalue weighted by Crippen LogP contribution is 2.40. The molecule has 1 aliphatic carbocycles. The zero-order valence-electron chi connectivity index (χ0n) is 10.9. The number of Topliss-reactive ketones (excluding diaryl/α,β-unsaturated/α-hetero) is 1. The number of halogens is 3. The number of alkyl halides is 3. The van der Waals surface area contributed by atoms with Crippen molar-refractivity contribution in [2.45, 2.75) is 45.2 Å². The Bertz CT molecular complexity index is 276. The number of ketones is 1. The summed E-state index contributed by atoms with van der Waals surface area (Å²) in [4.78, 5) is 12.1. The van der Waals surface area contributed by atoms with Gasteiger partial charge >= 0.3 is 6.18 Å². The summed E-state index contributed by atoms with van der Waals surface area (Å²) in [6.07, 6.45) is -2.34. The predicted octanol–water partition coefficient (Wildman–Crippen LogP) is 3.60. The predicted molar refractivity (Wildman–Crippen MR) is 62.2 cm³/mol. The monoisotopic (exact) mass is 266 g/mol. The van der Waals surface area contributed by atoms with Crippen LogP contribution in [0.5, 0.6) is 0 Å². The number of ether oxygens (including phenoxy) is 1. The minimum absolute atomic E-state index is 0.0269.